The molecule has 1 aromatic carbocycles. The van der Waals surface area contributed by atoms with Gasteiger partial charge in [0.25, 0.3) is 0 Å². The minimum Gasteiger partial charge on any atom is -0.493 e. The summed E-state index contributed by atoms with van der Waals surface area (Å²) in [6.45, 7) is 1.99. The van der Waals surface area contributed by atoms with Gasteiger partial charge < -0.3 is 19.1 Å². The molecule has 1 unspecified atom stereocenters. The molecule has 0 aliphatic carbocycles. The second-order valence-electron chi connectivity index (χ2n) is 4.72. The highest BCUT2D eigenvalue weighted by atomic mass is 16.5. The predicted molar refractivity (Wildman–Crippen MR) is 76.5 cm³/mol. The van der Waals surface area contributed by atoms with Gasteiger partial charge in [-0.15, -0.1) is 0 Å². The normalized spacial score (nSPS) is 12.2. The molecule has 0 saturated carbocycles. The molecule has 0 aliphatic heterocycles. The summed E-state index contributed by atoms with van der Waals surface area (Å²) in [5.74, 6) is 2.13. The van der Waals surface area contributed by atoms with Crippen molar-refractivity contribution >= 4 is 0 Å². The molecule has 114 valence electrons. The number of aliphatic hydroxyl groups is 1. The Hall–Kier alpha value is -2.08. The van der Waals surface area contributed by atoms with Crippen LogP contribution in [0.15, 0.2) is 22.7 Å². The van der Waals surface area contributed by atoms with Crippen molar-refractivity contribution in [1.29, 1.82) is 0 Å². The SMILES string of the molecule is CCCC(O)c1noc(Cc2ccc(OC)c(OC)c2)n1. The van der Waals surface area contributed by atoms with Crippen molar-refractivity contribution in [2.24, 2.45) is 0 Å². The summed E-state index contributed by atoms with van der Waals surface area (Å²) in [7, 11) is 3.18. The van der Waals surface area contributed by atoms with Gasteiger partial charge in [0.2, 0.25) is 5.89 Å². The highest BCUT2D eigenvalue weighted by Crippen LogP contribution is 2.28. The molecule has 1 aromatic heterocycles. The van der Waals surface area contributed by atoms with Crippen LogP contribution in [-0.2, 0) is 6.42 Å². The minimum absolute atomic E-state index is 0.340. The zero-order valence-corrected chi connectivity index (χ0v) is 12.5. The first-order chi connectivity index (χ1) is 10.2. The van der Waals surface area contributed by atoms with Crippen molar-refractivity contribution in [3.05, 3.63) is 35.5 Å². The van der Waals surface area contributed by atoms with Crippen LogP contribution in [0.3, 0.4) is 0 Å². The van der Waals surface area contributed by atoms with Crippen molar-refractivity contribution in [2.75, 3.05) is 14.2 Å². The van der Waals surface area contributed by atoms with Crippen LogP contribution in [0.4, 0.5) is 0 Å². The lowest BCUT2D eigenvalue weighted by atomic mass is 10.1. The topological polar surface area (TPSA) is 77.6 Å². The van der Waals surface area contributed by atoms with Crippen LogP contribution in [-0.4, -0.2) is 29.5 Å². The Kier molecular flexibility index (Phi) is 5.16. The largest absolute Gasteiger partial charge is 0.493 e. The first-order valence-corrected chi connectivity index (χ1v) is 6.89. The molecule has 0 aliphatic rings. The monoisotopic (exact) mass is 292 g/mol. The minimum atomic E-state index is -0.669. The van der Waals surface area contributed by atoms with E-state index in [9.17, 15) is 5.11 Å². The van der Waals surface area contributed by atoms with Gasteiger partial charge in [0.05, 0.1) is 20.6 Å². The maximum absolute atomic E-state index is 9.83. The van der Waals surface area contributed by atoms with Gasteiger partial charge in [0.1, 0.15) is 6.10 Å². The van der Waals surface area contributed by atoms with Crippen LogP contribution < -0.4 is 9.47 Å². The van der Waals surface area contributed by atoms with Crippen LogP contribution in [0.1, 0.15) is 43.1 Å². The lowest BCUT2D eigenvalue weighted by Gasteiger charge is -2.08. The predicted octanol–water partition coefficient (Wildman–Crippen LogP) is 2.51. The quantitative estimate of drug-likeness (QED) is 0.845. The molecule has 1 heterocycles. The molecule has 1 N–H and O–H groups in total. The Bertz CT molecular complexity index is 583. The van der Waals surface area contributed by atoms with Gasteiger partial charge in [-0.05, 0) is 24.1 Å². The fourth-order valence-electron chi connectivity index (χ4n) is 2.04. The number of hydrogen-bond donors (Lipinski definition) is 1. The first-order valence-electron chi connectivity index (χ1n) is 6.89. The third kappa shape index (κ3) is 3.72. The summed E-state index contributed by atoms with van der Waals surface area (Å²) in [6, 6.07) is 5.61. The van der Waals surface area contributed by atoms with Crippen molar-refractivity contribution in [1.82, 2.24) is 10.1 Å². The molecule has 0 amide bonds. The van der Waals surface area contributed by atoms with Gasteiger partial charge >= 0.3 is 0 Å². The number of aliphatic hydroxyl groups excluding tert-OH is 1. The van der Waals surface area contributed by atoms with E-state index < -0.39 is 6.10 Å². The van der Waals surface area contributed by atoms with Crippen molar-refractivity contribution in [3.8, 4) is 11.5 Å². The van der Waals surface area contributed by atoms with Gasteiger partial charge in [-0.2, -0.15) is 4.98 Å². The summed E-state index contributed by atoms with van der Waals surface area (Å²) in [5.41, 5.74) is 0.966. The average Bonchev–Trinajstić information content (AvgIpc) is 2.96. The number of benzene rings is 1. The number of hydrogen-bond acceptors (Lipinski definition) is 6. The number of methoxy groups -OCH3 is 2. The molecule has 0 spiro atoms. The van der Waals surface area contributed by atoms with Crippen molar-refractivity contribution in [2.45, 2.75) is 32.3 Å². The number of rotatable bonds is 7. The van der Waals surface area contributed by atoms with Crippen LogP contribution in [0.25, 0.3) is 0 Å². The zero-order chi connectivity index (χ0) is 15.2. The lowest BCUT2D eigenvalue weighted by Crippen LogP contribution is -1.99. The zero-order valence-electron chi connectivity index (χ0n) is 12.5. The highest BCUT2D eigenvalue weighted by Gasteiger charge is 2.15. The Morgan fingerprint density at radius 1 is 1.24 bits per heavy atom. The summed E-state index contributed by atoms with van der Waals surface area (Å²) in [5, 5.41) is 13.6. The van der Waals surface area contributed by atoms with Crippen molar-refractivity contribution < 1.29 is 19.1 Å². The van der Waals surface area contributed by atoms with E-state index in [2.05, 4.69) is 10.1 Å². The summed E-state index contributed by atoms with van der Waals surface area (Å²) in [6.07, 6.45) is 1.29. The van der Waals surface area contributed by atoms with Gasteiger partial charge in [-0.3, -0.25) is 0 Å². The summed E-state index contributed by atoms with van der Waals surface area (Å²) < 4.78 is 15.6. The fraction of sp³-hybridized carbons (Fsp3) is 0.467. The van der Waals surface area contributed by atoms with Crippen molar-refractivity contribution in [3.63, 3.8) is 0 Å². The third-order valence-electron chi connectivity index (χ3n) is 3.15. The van der Waals surface area contributed by atoms with Gasteiger partial charge in [0.15, 0.2) is 17.3 Å². The lowest BCUT2D eigenvalue weighted by molar-refractivity contribution is 0.153. The van der Waals surface area contributed by atoms with Gasteiger partial charge in [0, 0.05) is 0 Å². The molecule has 21 heavy (non-hydrogen) atoms. The second-order valence-corrected chi connectivity index (χ2v) is 4.72. The molecular formula is C15H20N2O4. The Morgan fingerprint density at radius 3 is 2.67 bits per heavy atom. The van der Waals surface area contributed by atoms with Gasteiger partial charge in [-0.1, -0.05) is 24.6 Å². The van der Waals surface area contributed by atoms with E-state index in [0.29, 0.717) is 36.1 Å². The molecule has 2 rings (SSSR count). The maximum atomic E-state index is 9.83. The van der Waals surface area contributed by atoms with Crippen LogP contribution >= 0.6 is 0 Å². The molecule has 0 saturated heterocycles. The Morgan fingerprint density at radius 2 is 2.00 bits per heavy atom. The third-order valence-corrected chi connectivity index (χ3v) is 3.15. The summed E-state index contributed by atoms with van der Waals surface area (Å²) >= 11 is 0. The number of ether oxygens (including phenoxy) is 2. The Labute approximate surface area is 123 Å². The van der Waals surface area contributed by atoms with Gasteiger partial charge in [-0.25, -0.2) is 0 Å². The van der Waals surface area contributed by atoms with Crippen LogP contribution in [0.5, 0.6) is 11.5 Å². The number of aromatic nitrogens is 2. The maximum Gasteiger partial charge on any atom is 0.231 e. The highest BCUT2D eigenvalue weighted by molar-refractivity contribution is 5.43. The van der Waals surface area contributed by atoms with Crippen LogP contribution in [0.2, 0.25) is 0 Å². The molecular weight excluding hydrogens is 272 g/mol. The Balaban J connectivity index is 2.11. The summed E-state index contributed by atoms with van der Waals surface area (Å²) in [4.78, 5) is 4.22. The van der Waals surface area contributed by atoms with E-state index in [-0.39, 0.29) is 0 Å². The molecule has 0 radical (unpaired) electrons. The smallest absolute Gasteiger partial charge is 0.231 e. The number of nitrogens with zero attached hydrogens (tertiary/aromatic N) is 2. The molecule has 6 nitrogen and oxygen atoms in total. The molecule has 2 aromatic rings. The van der Waals surface area contributed by atoms with E-state index in [1.807, 2.05) is 25.1 Å². The molecule has 0 bridgehead atoms. The van der Waals surface area contributed by atoms with E-state index in [1.54, 1.807) is 14.2 Å². The van der Waals surface area contributed by atoms with E-state index >= 15 is 0 Å². The first kappa shape index (κ1) is 15.3. The second kappa shape index (κ2) is 7.08. The molecule has 0 fully saturated rings. The molecule has 1 atom stereocenters. The standard InChI is InChI=1S/C15H20N2O4/c1-4-5-11(18)15-16-14(21-17-15)9-10-6-7-12(19-2)13(8-10)20-3/h6-8,11,18H,4-5,9H2,1-3H3. The van der Waals surface area contributed by atoms with Crippen LogP contribution in [0, 0.1) is 0 Å². The fourth-order valence-corrected chi connectivity index (χ4v) is 2.04. The van der Waals surface area contributed by atoms with E-state index in [1.165, 1.54) is 0 Å². The molecule has 6 heteroatoms. The average molecular weight is 292 g/mol. The van der Waals surface area contributed by atoms with E-state index in [0.717, 1.165) is 12.0 Å². The van der Waals surface area contributed by atoms with E-state index in [4.69, 9.17) is 14.0 Å².